The number of aryl methyl sites for hydroxylation is 1. The quantitative estimate of drug-likeness (QED) is 0.658. The first-order chi connectivity index (χ1) is 11.1. The molecule has 0 fully saturated rings. The van der Waals surface area contributed by atoms with E-state index in [0.29, 0.717) is 17.9 Å². The number of hydrogen-bond donors (Lipinski definition) is 1. The summed E-state index contributed by atoms with van der Waals surface area (Å²) in [5.41, 5.74) is 2.27. The molecule has 1 aromatic carbocycles. The van der Waals surface area contributed by atoms with Crippen LogP contribution in [0.4, 0.5) is 5.69 Å². The molecule has 0 saturated carbocycles. The van der Waals surface area contributed by atoms with Crippen molar-refractivity contribution < 1.29 is 18.9 Å². The number of ether oxygens (including phenoxy) is 1. The molecule has 23 heavy (non-hydrogen) atoms. The normalized spacial score (nSPS) is 10.2. The van der Waals surface area contributed by atoms with E-state index in [1.165, 1.54) is 0 Å². The lowest BCUT2D eigenvalue weighted by Crippen LogP contribution is -2.39. The second-order valence-corrected chi connectivity index (χ2v) is 5.31. The minimum absolute atomic E-state index is 0.125. The highest BCUT2D eigenvalue weighted by Gasteiger charge is 2.10. The summed E-state index contributed by atoms with van der Waals surface area (Å²) in [5, 5.41) is 2.80. The van der Waals surface area contributed by atoms with E-state index in [9.17, 15) is 9.59 Å². The number of pyridine rings is 1. The summed E-state index contributed by atoms with van der Waals surface area (Å²) in [6.45, 7) is 4.58. The lowest BCUT2D eigenvalue weighted by atomic mass is 10.2. The van der Waals surface area contributed by atoms with Gasteiger partial charge >= 0.3 is 5.97 Å². The van der Waals surface area contributed by atoms with E-state index in [2.05, 4.69) is 5.32 Å². The third kappa shape index (κ3) is 5.21. The summed E-state index contributed by atoms with van der Waals surface area (Å²) in [6.07, 6.45) is 4.51. The first-order valence-corrected chi connectivity index (χ1v) is 7.61. The maximum atomic E-state index is 12.0. The van der Waals surface area contributed by atoms with Crippen LogP contribution in [-0.4, -0.2) is 18.5 Å². The molecule has 0 radical (unpaired) electrons. The second kappa shape index (κ2) is 8.08. The number of carbonyl (C=O) groups excluding carboxylic acids is 2. The zero-order valence-electron chi connectivity index (χ0n) is 13.4. The van der Waals surface area contributed by atoms with Gasteiger partial charge in [-0.3, -0.25) is 4.79 Å². The molecule has 0 aliphatic heterocycles. The van der Waals surface area contributed by atoms with Gasteiger partial charge in [0.2, 0.25) is 6.54 Å². The number of nitrogens with one attached hydrogen (secondary N) is 1. The Balaban J connectivity index is 1.91. The fraction of sp³-hybridized carbons (Fsp3) is 0.278. The van der Waals surface area contributed by atoms with Crippen LogP contribution in [0.25, 0.3) is 0 Å². The summed E-state index contributed by atoms with van der Waals surface area (Å²) in [6, 6.07) is 10.6. The topological polar surface area (TPSA) is 59.3 Å². The fourth-order valence-corrected chi connectivity index (χ4v) is 1.97. The molecule has 0 bridgehead atoms. The summed E-state index contributed by atoms with van der Waals surface area (Å²) in [4.78, 5) is 23.7. The van der Waals surface area contributed by atoms with Crippen molar-refractivity contribution >= 4 is 17.6 Å². The van der Waals surface area contributed by atoms with Gasteiger partial charge in [0, 0.05) is 17.8 Å². The summed E-state index contributed by atoms with van der Waals surface area (Å²) >= 11 is 0. The Morgan fingerprint density at radius 1 is 1.09 bits per heavy atom. The third-order valence-corrected chi connectivity index (χ3v) is 3.23. The van der Waals surface area contributed by atoms with Crippen LogP contribution in [-0.2, 0) is 16.1 Å². The Kier molecular flexibility index (Phi) is 5.86. The van der Waals surface area contributed by atoms with Crippen molar-refractivity contribution in [3.05, 3.63) is 59.9 Å². The van der Waals surface area contributed by atoms with Crippen LogP contribution in [0.3, 0.4) is 0 Å². The van der Waals surface area contributed by atoms with Crippen LogP contribution in [0.15, 0.2) is 48.8 Å². The minimum Gasteiger partial charge on any atom is -0.462 e. The largest absolute Gasteiger partial charge is 0.462 e. The highest BCUT2D eigenvalue weighted by Crippen LogP contribution is 2.10. The number of hydrogen-bond acceptors (Lipinski definition) is 3. The van der Waals surface area contributed by atoms with Crippen LogP contribution in [0.2, 0.25) is 0 Å². The number of anilines is 1. The van der Waals surface area contributed by atoms with Crippen molar-refractivity contribution in [1.82, 2.24) is 0 Å². The molecule has 0 atom stereocenters. The predicted octanol–water partition coefficient (Wildman–Crippen LogP) is 2.49. The highest BCUT2D eigenvalue weighted by molar-refractivity contribution is 5.92. The van der Waals surface area contributed by atoms with Crippen molar-refractivity contribution in [2.45, 2.75) is 26.8 Å². The fourth-order valence-electron chi connectivity index (χ4n) is 1.97. The molecule has 1 heterocycles. The lowest BCUT2D eigenvalue weighted by Gasteiger charge is -2.06. The summed E-state index contributed by atoms with van der Waals surface area (Å²) in [7, 11) is 0. The van der Waals surface area contributed by atoms with Crippen LogP contribution >= 0.6 is 0 Å². The van der Waals surface area contributed by atoms with Gasteiger partial charge in [0.25, 0.3) is 5.91 Å². The number of rotatable bonds is 6. The van der Waals surface area contributed by atoms with Crippen molar-refractivity contribution in [1.29, 1.82) is 0 Å². The number of carbonyl (C=O) groups is 2. The maximum absolute atomic E-state index is 12.0. The van der Waals surface area contributed by atoms with Gasteiger partial charge in [-0.1, -0.05) is 6.92 Å². The zero-order valence-corrected chi connectivity index (χ0v) is 13.4. The van der Waals surface area contributed by atoms with Gasteiger partial charge in [-0.2, -0.15) is 4.57 Å². The molecule has 120 valence electrons. The van der Waals surface area contributed by atoms with Gasteiger partial charge in [-0.15, -0.1) is 0 Å². The van der Waals surface area contributed by atoms with E-state index in [-0.39, 0.29) is 18.4 Å². The summed E-state index contributed by atoms with van der Waals surface area (Å²) in [5.74, 6) is -0.472. The zero-order chi connectivity index (χ0) is 16.7. The predicted molar refractivity (Wildman–Crippen MR) is 87.0 cm³/mol. The second-order valence-electron chi connectivity index (χ2n) is 5.31. The number of amides is 1. The third-order valence-electron chi connectivity index (χ3n) is 3.23. The Morgan fingerprint density at radius 2 is 1.74 bits per heavy atom. The van der Waals surface area contributed by atoms with E-state index in [1.807, 2.05) is 38.4 Å². The highest BCUT2D eigenvalue weighted by atomic mass is 16.5. The van der Waals surface area contributed by atoms with Crippen molar-refractivity contribution in [3.63, 3.8) is 0 Å². The number of benzene rings is 1. The molecular formula is C18H21N2O3+. The van der Waals surface area contributed by atoms with Gasteiger partial charge in [0.05, 0.1) is 12.2 Å². The molecule has 0 aliphatic rings. The maximum Gasteiger partial charge on any atom is 0.338 e. The molecule has 0 unspecified atom stereocenters. The monoisotopic (exact) mass is 313 g/mol. The molecule has 2 rings (SSSR count). The van der Waals surface area contributed by atoms with E-state index < -0.39 is 0 Å². The van der Waals surface area contributed by atoms with Crippen molar-refractivity contribution in [2.24, 2.45) is 0 Å². The first-order valence-electron chi connectivity index (χ1n) is 7.61. The SMILES string of the molecule is CCCOC(=O)c1ccc(NC(=O)C[n+]2ccc(C)cc2)cc1. The van der Waals surface area contributed by atoms with Crippen LogP contribution < -0.4 is 9.88 Å². The Hall–Kier alpha value is -2.69. The van der Waals surface area contributed by atoms with Crippen LogP contribution in [0.5, 0.6) is 0 Å². The number of esters is 1. The molecule has 1 N–H and O–H groups in total. The van der Waals surface area contributed by atoms with Crippen LogP contribution in [0.1, 0.15) is 29.3 Å². The Bertz CT molecular complexity index is 664. The van der Waals surface area contributed by atoms with E-state index in [1.54, 1.807) is 28.8 Å². The van der Waals surface area contributed by atoms with E-state index >= 15 is 0 Å². The van der Waals surface area contributed by atoms with Crippen molar-refractivity contribution in [2.75, 3.05) is 11.9 Å². The van der Waals surface area contributed by atoms with Gasteiger partial charge in [-0.05, 0) is 43.2 Å². The van der Waals surface area contributed by atoms with E-state index in [0.717, 1.165) is 12.0 Å². The molecule has 0 spiro atoms. The molecule has 1 amide bonds. The molecule has 0 saturated heterocycles. The molecule has 0 aliphatic carbocycles. The standard InChI is InChI=1S/C18H20N2O3/c1-3-12-23-18(22)15-4-6-16(7-5-15)19-17(21)13-20-10-8-14(2)9-11-20/h4-11H,3,12-13H2,1-2H3/p+1. The molecule has 2 aromatic rings. The molecular weight excluding hydrogens is 292 g/mol. The van der Waals surface area contributed by atoms with Crippen molar-refractivity contribution in [3.8, 4) is 0 Å². The van der Waals surface area contributed by atoms with Gasteiger partial charge in [-0.25, -0.2) is 4.79 Å². The molecule has 5 heteroatoms. The lowest BCUT2D eigenvalue weighted by molar-refractivity contribution is -0.684. The van der Waals surface area contributed by atoms with Gasteiger partial charge in [0.1, 0.15) is 0 Å². The average molecular weight is 313 g/mol. The van der Waals surface area contributed by atoms with E-state index in [4.69, 9.17) is 4.74 Å². The first kappa shape index (κ1) is 16.7. The van der Waals surface area contributed by atoms with Crippen LogP contribution in [0, 0.1) is 6.92 Å². The smallest absolute Gasteiger partial charge is 0.338 e. The summed E-state index contributed by atoms with van der Waals surface area (Å²) < 4.78 is 6.86. The molecule has 1 aromatic heterocycles. The Morgan fingerprint density at radius 3 is 2.35 bits per heavy atom. The Labute approximate surface area is 135 Å². The van der Waals surface area contributed by atoms with Gasteiger partial charge < -0.3 is 10.1 Å². The molecule has 5 nitrogen and oxygen atoms in total. The minimum atomic E-state index is -0.347. The average Bonchev–Trinajstić information content (AvgIpc) is 2.55. The van der Waals surface area contributed by atoms with Gasteiger partial charge in [0.15, 0.2) is 12.4 Å². The number of nitrogens with zero attached hydrogens (tertiary/aromatic N) is 1. The number of aromatic nitrogens is 1.